The summed E-state index contributed by atoms with van der Waals surface area (Å²) in [6.45, 7) is 4.26. The highest BCUT2D eigenvalue weighted by atomic mass is 16.4. The molecule has 114 valence electrons. The zero-order chi connectivity index (χ0) is 15.4. The first kappa shape index (κ1) is 16.3. The van der Waals surface area contributed by atoms with E-state index < -0.39 is 12.0 Å². The van der Waals surface area contributed by atoms with Gasteiger partial charge in [-0.15, -0.1) is 0 Å². The number of carbonyl (C=O) groups excluding carboxylic acids is 2. The van der Waals surface area contributed by atoms with E-state index in [-0.39, 0.29) is 30.3 Å². The molecule has 0 aromatic rings. The normalized spacial score (nSPS) is 23.3. The Kier molecular flexibility index (Phi) is 5.35. The van der Waals surface area contributed by atoms with Gasteiger partial charge in [-0.05, 0) is 12.3 Å². The van der Waals surface area contributed by atoms with E-state index >= 15 is 0 Å². The van der Waals surface area contributed by atoms with E-state index in [1.54, 1.807) is 21.0 Å². The maximum Gasteiger partial charge on any atom is 0.326 e. The topological polar surface area (TPSA) is 90.0 Å². The summed E-state index contributed by atoms with van der Waals surface area (Å²) >= 11 is 0. The van der Waals surface area contributed by atoms with E-state index in [0.29, 0.717) is 13.0 Å². The number of amides is 3. The van der Waals surface area contributed by atoms with Gasteiger partial charge >= 0.3 is 12.0 Å². The molecule has 3 unspecified atom stereocenters. The molecule has 7 nitrogen and oxygen atoms in total. The zero-order valence-corrected chi connectivity index (χ0v) is 12.4. The molecule has 1 heterocycles. The maximum atomic E-state index is 12.3. The number of carbonyl (C=O) groups is 3. The van der Waals surface area contributed by atoms with E-state index in [9.17, 15) is 19.5 Å². The highest BCUT2D eigenvalue weighted by molar-refractivity contribution is 5.84. The number of hydrogen-bond acceptors (Lipinski definition) is 3. The van der Waals surface area contributed by atoms with Crippen molar-refractivity contribution in [3.63, 3.8) is 0 Å². The molecule has 7 heteroatoms. The minimum atomic E-state index is -0.976. The number of aliphatic carboxylic acids is 1. The molecule has 0 bridgehead atoms. The van der Waals surface area contributed by atoms with Crippen LogP contribution < -0.4 is 5.32 Å². The Morgan fingerprint density at radius 3 is 2.55 bits per heavy atom. The maximum absolute atomic E-state index is 12.3. The lowest BCUT2D eigenvalue weighted by Gasteiger charge is -2.29. The fraction of sp³-hybridized carbons (Fsp3) is 0.769. The van der Waals surface area contributed by atoms with Crippen molar-refractivity contribution >= 4 is 17.9 Å². The molecule has 1 rings (SSSR count). The van der Waals surface area contributed by atoms with E-state index in [4.69, 9.17) is 0 Å². The standard InChI is InChI=1S/C13H23N3O4/c1-8-5-6-16(10(8)12(18)19)13(20)15(4)7-9(2)11(17)14-3/h8-10H,5-7H2,1-4H3,(H,14,17)(H,18,19). The number of likely N-dealkylation sites (tertiary alicyclic amines) is 1. The molecule has 0 radical (unpaired) electrons. The third-order valence-electron chi connectivity index (χ3n) is 3.77. The molecule has 3 atom stereocenters. The van der Waals surface area contributed by atoms with Gasteiger partial charge in [-0.1, -0.05) is 13.8 Å². The summed E-state index contributed by atoms with van der Waals surface area (Å²) in [7, 11) is 3.13. The molecular weight excluding hydrogens is 262 g/mol. The molecule has 0 spiro atoms. The first-order valence-corrected chi connectivity index (χ1v) is 6.75. The number of carboxylic acid groups (broad SMARTS) is 1. The molecule has 0 aliphatic carbocycles. The number of hydrogen-bond donors (Lipinski definition) is 2. The lowest BCUT2D eigenvalue weighted by molar-refractivity contribution is -0.142. The molecule has 1 aliphatic heterocycles. The van der Waals surface area contributed by atoms with Crippen LogP contribution >= 0.6 is 0 Å². The van der Waals surface area contributed by atoms with Crippen molar-refractivity contribution in [2.75, 3.05) is 27.2 Å². The van der Waals surface area contributed by atoms with Crippen molar-refractivity contribution in [1.29, 1.82) is 0 Å². The first-order chi connectivity index (χ1) is 9.29. The number of nitrogens with one attached hydrogen (secondary N) is 1. The van der Waals surface area contributed by atoms with Gasteiger partial charge in [-0.25, -0.2) is 9.59 Å². The number of urea groups is 1. The summed E-state index contributed by atoms with van der Waals surface area (Å²) in [5, 5.41) is 11.7. The smallest absolute Gasteiger partial charge is 0.326 e. The van der Waals surface area contributed by atoms with Gasteiger partial charge in [0.25, 0.3) is 0 Å². The summed E-state index contributed by atoms with van der Waals surface area (Å²) in [4.78, 5) is 37.8. The van der Waals surface area contributed by atoms with Crippen LogP contribution in [-0.4, -0.2) is 66.0 Å². The number of carboxylic acids is 1. The summed E-state index contributed by atoms with van der Waals surface area (Å²) in [6.07, 6.45) is 0.682. The second-order valence-electron chi connectivity index (χ2n) is 5.42. The van der Waals surface area contributed by atoms with E-state index in [0.717, 1.165) is 0 Å². The molecule has 0 saturated carbocycles. The molecule has 1 aliphatic rings. The second kappa shape index (κ2) is 6.58. The lowest BCUT2D eigenvalue weighted by atomic mass is 10.0. The van der Waals surface area contributed by atoms with Crippen LogP contribution in [0.4, 0.5) is 4.79 Å². The van der Waals surface area contributed by atoms with Gasteiger partial charge in [0, 0.05) is 27.2 Å². The predicted octanol–water partition coefficient (Wildman–Crippen LogP) is 0.215. The SMILES string of the molecule is CNC(=O)C(C)CN(C)C(=O)N1CCC(C)C1C(=O)O. The van der Waals surface area contributed by atoms with Gasteiger partial charge in [0.1, 0.15) is 6.04 Å². The average Bonchev–Trinajstić information content (AvgIpc) is 2.78. The van der Waals surface area contributed by atoms with Crippen LogP contribution in [0.1, 0.15) is 20.3 Å². The monoisotopic (exact) mass is 285 g/mol. The zero-order valence-electron chi connectivity index (χ0n) is 12.4. The third-order valence-corrected chi connectivity index (χ3v) is 3.77. The van der Waals surface area contributed by atoms with Gasteiger partial charge in [0.05, 0.1) is 5.92 Å². The van der Waals surface area contributed by atoms with Crippen molar-refractivity contribution < 1.29 is 19.5 Å². The minimum absolute atomic E-state index is 0.0544. The quantitative estimate of drug-likeness (QED) is 0.773. The molecule has 20 heavy (non-hydrogen) atoms. The number of nitrogens with zero attached hydrogens (tertiary/aromatic N) is 2. The van der Waals surface area contributed by atoms with E-state index in [1.165, 1.54) is 9.80 Å². The van der Waals surface area contributed by atoms with Crippen molar-refractivity contribution in [1.82, 2.24) is 15.1 Å². The molecule has 0 aromatic heterocycles. The number of rotatable bonds is 4. The average molecular weight is 285 g/mol. The molecule has 1 fully saturated rings. The largest absolute Gasteiger partial charge is 0.480 e. The molecular formula is C13H23N3O4. The fourth-order valence-electron chi connectivity index (χ4n) is 2.58. The van der Waals surface area contributed by atoms with E-state index in [2.05, 4.69) is 5.32 Å². The van der Waals surface area contributed by atoms with Crippen LogP contribution in [-0.2, 0) is 9.59 Å². The molecule has 2 N–H and O–H groups in total. The lowest BCUT2D eigenvalue weighted by Crippen LogP contribution is -2.49. The van der Waals surface area contributed by atoms with Crippen LogP contribution in [0, 0.1) is 11.8 Å². The van der Waals surface area contributed by atoms with Crippen molar-refractivity contribution in [2.45, 2.75) is 26.3 Å². The molecule has 1 saturated heterocycles. The Labute approximate surface area is 118 Å². The Balaban J connectivity index is 2.69. The Morgan fingerprint density at radius 1 is 1.45 bits per heavy atom. The Morgan fingerprint density at radius 2 is 2.05 bits per heavy atom. The fourth-order valence-corrected chi connectivity index (χ4v) is 2.58. The summed E-state index contributed by atoms with van der Waals surface area (Å²) < 4.78 is 0. The Hall–Kier alpha value is -1.79. The summed E-state index contributed by atoms with van der Waals surface area (Å²) in [6, 6.07) is -1.11. The minimum Gasteiger partial charge on any atom is -0.480 e. The Bertz CT molecular complexity index is 399. The van der Waals surface area contributed by atoms with Crippen molar-refractivity contribution in [2.24, 2.45) is 11.8 Å². The summed E-state index contributed by atoms with van der Waals surface area (Å²) in [5.74, 6) is -1.51. The van der Waals surface area contributed by atoms with Gasteiger partial charge < -0.3 is 20.2 Å². The first-order valence-electron chi connectivity index (χ1n) is 6.75. The van der Waals surface area contributed by atoms with Gasteiger partial charge in [0.15, 0.2) is 0 Å². The van der Waals surface area contributed by atoms with E-state index in [1.807, 2.05) is 6.92 Å². The highest BCUT2D eigenvalue weighted by Gasteiger charge is 2.40. The second-order valence-corrected chi connectivity index (χ2v) is 5.42. The van der Waals surface area contributed by atoms with Gasteiger partial charge in [0.2, 0.25) is 5.91 Å². The molecule has 3 amide bonds. The van der Waals surface area contributed by atoms with Gasteiger partial charge in [-0.2, -0.15) is 0 Å². The third kappa shape index (κ3) is 3.40. The van der Waals surface area contributed by atoms with Crippen LogP contribution in [0.15, 0.2) is 0 Å². The van der Waals surface area contributed by atoms with Crippen molar-refractivity contribution in [3.8, 4) is 0 Å². The van der Waals surface area contributed by atoms with Crippen LogP contribution in [0.25, 0.3) is 0 Å². The van der Waals surface area contributed by atoms with Gasteiger partial charge in [-0.3, -0.25) is 4.79 Å². The van der Waals surface area contributed by atoms with Crippen molar-refractivity contribution in [3.05, 3.63) is 0 Å². The van der Waals surface area contributed by atoms with Crippen LogP contribution in [0.2, 0.25) is 0 Å². The van der Waals surface area contributed by atoms with Crippen LogP contribution in [0.3, 0.4) is 0 Å². The molecule has 0 aromatic carbocycles. The highest BCUT2D eigenvalue weighted by Crippen LogP contribution is 2.25. The summed E-state index contributed by atoms with van der Waals surface area (Å²) in [5.41, 5.74) is 0. The predicted molar refractivity (Wildman–Crippen MR) is 73.2 cm³/mol. The van der Waals surface area contributed by atoms with Crippen LogP contribution in [0.5, 0.6) is 0 Å².